The first kappa shape index (κ1) is 21.0. The number of nitrogens with one attached hydrogen (secondary N) is 1. The number of nitrogens with two attached hydrogens (primary N) is 1. The molecule has 10 heteroatoms. The van der Waals surface area contributed by atoms with Gasteiger partial charge in [0.1, 0.15) is 15.7 Å². The number of hydrogen-bond acceptors (Lipinski definition) is 7. The van der Waals surface area contributed by atoms with Crippen molar-refractivity contribution in [2.75, 3.05) is 17.2 Å². The van der Waals surface area contributed by atoms with E-state index < -0.39 is 11.2 Å². The van der Waals surface area contributed by atoms with Crippen molar-refractivity contribution in [3.05, 3.63) is 48.9 Å². The van der Waals surface area contributed by atoms with E-state index in [9.17, 15) is 14.4 Å². The molecule has 0 aliphatic rings. The summed E-state index contributed by atoms with van der Waals surface area (Å²) < 4.78 is 1.31. The maximum Gasteiger partial charge on any atom is 0.330 e. The van der Waals surface area contributed by atoms with Gasteiger partial charge in [0.15, 0.2) is 5.69 Å². The summed E-state index contributed by atoms with van der Waals surface area (Å²) in [7, 11) is 0. The fourth-order valence-electron chi connectivity index (χ4n) is 3.00. The van der Waals surface area contributed by atoms with Crippen LogP contribution in [-0.2, 0) is 6.54 Å². The van der Waals surface area contributed by atoms with E-state index in [0.717, 1.165) is 22.7 Å². The second-order valence-electron chi connectivity index (χ2n) is 6.46. The minimum Gasteiger partial charge on any atom is -0.383 e. The second kappa shape index (κ2) is 8.75. The highest BCUT2D eigenvalue weighted by Gasteiger charge is 2.27. The van der Waals surface area contributed by atoms with Crippen molar-refractivity contribution in [3.8, 4) is 9.88 Å². The molecule has 0 radical (unpaired) electrons. The summed E-state index contributed by atoms with van der Waals surface area (Å²) in [4.78, 5) is 47.6. The summed E-state index contributed by atoms with van der Waals surface area (Å²) in [6.45, 7) is 6.12. The zero-order valence-electron chi connectivity index (χ0n) is 16.5. The Hall–Kier alpha value is -2.72. The molecule has 0 fully saturated rings. The van der Waals surface area contributed by atoms with Gasteiger partial charge in [-0.3, -0.25) is 24.0 Å². The number of anilines is 2. The summed E-state index contributed by atoms with van der Waals surface area (Å²) in [5, 5.41) is 2.71. The molecule has 0 bridgehead atoms. The molecule has 0 aliphatic heterocycles. The third kappa shape index (κ3) is 4.03. The number of carbonyl (C=O) groups is 1. The third-order valence-corrected chi connectivity index (χ3v) is 6.69. The van der Waals surface area contributed by atoms with Gasteiger partial charge < -0.3 is 5.73 Å². The largest absolute Gasteiger partial charge is 0.383 e. The lowest BCUT2D eigenvalue weighted by Gasteiger charge is -2.22. The first-order valence-electron chi connectivity index (χ1n) is 9.34. The average Bonchev–Trinajstić information content (AvgIpc) is 3.34. The summed E-state index contributed by atoms with van der Waals surface area (Å²) in [6, 6.07) is 3.87. The van der Waals surface area contributed by atoms with Crippen molar-refractivity contribution in [2.45, 2.75) is 40.2 Å². The molecule has 3 rings (SSSR count). The van der Waals surface area contributed by atoms with Crippen molar-refractivity contribution in [1.29, 1.82) is 0 Å². The lowest BCUT2D eigenvalue weighted by atomic mass is 10.3. The molecule has 3 aromatic heterocycles. The van der Waals surface area contributed by atoms with E-state index in [4.69, 9.17) is 5.73 Å². The highest BCUT2D eigenvalue weighted by Crippen LogP contribution is 2.32. The number of carbonyl (C=O) groups excluding carboxylic acids is 1. The molecular weight excluding hydrogens is 410 g/mol. The number of nitrogens with zero attached hydrogens (tertiary/aromatic N) is 3. The van der Waals surface area contributed by atoms with Crippen molar-refractivity contribution >= 4 is 40.1 Å². The monoisotopic (exact) mass is 433 g/mol. The van der Waals surface area contributed by atoms with Gasteiger partial charge in [0.2, 0.25) is 0 Å². The van der Waals surface area contributed by atoms with E-state index >= 15 is 0 Å². The standard InChI is InChI=1S/C19H23N5O3S2/c1-4-6-9-24-15(20)13(16(25)22-19(24)27)23(5-2)18(26)14-11(3)21-17(29-14)12-8-7-10-28-12/h7-8,10H,4-6,9,20H2,1-3H3,(H,22,25,27). The predicted octanol–water partition coefficient (Wildman–Crippen LogP) is 3.08. The van der Waals surface area contributed by atoms with Gasteiger partial charge in [0.05, 0.1) is 10.6 Å². The molecule has 3 aromatic rings. The Morgan fingerprint density at radius 1 is 1.34 bits per heavy atom. The maximum atomic E-state index is 13.3. The molecule has 0 spiro atoms. The molecule has 0 atom stereocenters. The summed E-state index contributed by atoms with van der Waals surface area (Å²) in [5.74, 6) is -0.355. The molecule has 29 heavy (non-hydrogen) atoms. The summed E-state index contributed by atoms with van der Waals surface area (Å²) in [5.41, 5.74) is 5.53. The van der Waals surface area contributed by atoms with Crippen LogP contribution in [0, 0.1) is 6.92 Å². The molecule has 0 aromatic carbocycles. The first-order chi connectivity index (χ1) is 13.9. The van der Waals surface area contributed by atoms with Gasteiger partial charge in [0, 0.05) is 13.1 Å². The van der Waals surface area contributed by atoms with Crippen molar-refractivity contribution in [1.82, 2.24) is 14.5 Å². The number of hydrogen-bond donors (Lipinski definition) is 2. The molecule has 0 saturated carbocycles. The van der Waals surface area contributed by atoms with Gasteiger partial charge in [-0.25, -0.2) is 9.78 Å². The lowest BCUT2D eigenvalue weighted by Crippen LogP contribution is -2.41. The molecule has 0 aliphatic carbocycles. The molecule has 8 nitrogen and oxygen atoms in total. The van der Waals surface area contributed by atoms with E-state index in [1.165, 1.54) is 20.8 Å². The van der Waals surface area contributed by atoms with E-state index in [2.05, 4.69) is 9.97 Å². The van der Waals surface area contributed by atoms with Crippen LogP contribution < -0.4 is 21.9 Å². The smallest absolute Gasteiger partial charge is 0.330 e. The van der Waals surface area contributed by atoms with Gasteiger partial charge >= 0.3 is 5.69 Å². The molecular formula is C19H23N5O3S2. The number of aromatic nitrogens is 3. The molecule has 1 amide bonds. The Morgan fingerprint density at radius 3 is 2.72 bits per heavy atom. The van der Waals surface area contributed by atoms with Gasteiger partial charge in [-0.1, -0.05) is 19.4 Å². The maximum absolute atomic E-state index is 13.3. The topological polar surface area (TPSA) is 114 Å². The van der Waals surface area contributed by atoms with Gasteiger partial charge in [-0.2, -0.15) is 0 Å². The highest BCUT2D eigenvalue weighted by atomic mass is 32.1. The fraction of sp³-hybridized carbons (Fsp3) is 0.368. The number of aryl methyl sites for hydroxylation is 1. The van der Waals surface area contributed by atoms with Crippen LogP contribution in [0.15, 0.2) is 27.1 Å². The van der Waals surface area contributed by atoms with Crippen LogP contribution in [0.2, 0.25) is 0 Å². The van der Waals surface area contributed by atoms with Crippen LogP contribution in [0.3, 0.4) is 0 Å². The number of thiazole rings is 1. The Balaban J connectivity index is 2.05. The van der Waals surface area contributed by atoms with Crippen LogP contribution in [0.1, 0.15) is 42.1 Å². The van der Waals surface area contributed by atoms with Crippen molar-refractivity contribution < 1.29 is 4.79 Å². The first-order valence-corrected chi connectivity index (χ1v) is 11.0. The molecule has 3 heterocycles. The number of aromatic amines is 1. The van der Waals surface area contributed by atoms with E-state index in [1.54, 1.807) is 25.2 Å². The number of amides is 1. The Morgan fingerprint density at radius 2 is 2.10 bits per heavy atom. The van der Waals surface area contributed by atoms with E-state index in [0.29, 0.717) is 17.1 Å². The summed E-state index contributed by atoms with van der Waals surface area (Å²) in [6.07, 6.45) is 1.59. The van der Waals surface area contributed by atoms with Gasteiger partial charge in [-0.05, 0) is 31.7 Å². The van der Waals surface area contributed by atoms with Crippen molar-refractivity contribution in [3.63, 3.8) is 0 Å². The lowest BCUT2D eigenvalue weighted by molar-refractivity contribution is 0.0991. The van der Waals surface area contributed by atoms with Crippen LogP contribution in [-0.4, -0.2) is 27.0 Å². The number of H-pyrrole nitrogens is 1. The minimum absolute atomic E-state index is 0.00123. The predicted molar refractivity (Wildman–Crippen MR) is 118 cm³/mol. The average molecular weight is 434 g/mol. The zero-order chi connectivity index (χ0) is 21.1. The molecule has 154 valence electrons. The fourth-order valence-corrected chi connectivity index (χ4v) is 4.81. The molecule has 0 unspecified atom stereocenters. The Labute approximate surface area is 175 Å². The number of unbranched alkanes of at least 4 members (excludes halogenated alkanes) is 1. The number of rotatable bonds is 7. The quantitative estimate of drug-likeness (QED) is 0.594. The van der Waals surface area contributed by atoms with Crippen LogP contribution >= 0.6 is 22.7 Å². The van der Waals surface area contributed by atoms with Crippen LogP contribution in [0.25, 0.3) is 9.88 Å². The summed E-state index contributed by atoms with van der Waals surface area (Å²) >= 11 is 2.83. The van der Waals surface area contributed by atoms with E-state index in [-0.39, 0.29) is 24.0 Å². The van der Waals surface area contributed by atoms with Crippen LogP contribution in [0.4, 0.5) is 11.5 Å². The number of thiophene rings is 1. The normalized spacial score (nSPS) is 11.0. The Kier molecular flexibility index (Phi) is 6.33. The highest BCUT2D eigenvalue weighted by molar-refractivity contribution is 7.22. The van der Waals surface area contributed by atoms with E-state index in [1.807, 2.05) is 24.4 Å². The third-order valence-electron chi connectivity index (χ3n) is 4.50. The second-order valence-corrected chi connectivity index (χ2v) is 8.41. The molecule has 3 N–H and O–H groups in total. The van der Waals surface area contributed by atoms with Gasteiger partial charge in [-0.15, -0.1) is 22.7 Å². The van der Waals surface area contributed by atoms with Crippen LogP contribution in [0.5, 0.6) is 0 Å². The Bertz CT molecular complexity index is 1130. The SMILES string of the molecule is CCCCn1c(N)c(N(CC)C(=O)c2sc(-c3cccs3)nc2C)c(=O)[nH]c1=O. The number of nitrogen functional groups attached to an aromatic ring is 1. The van der Waals surface area contributed by atoms with Crippen molar-refractivity contribution in [2.24, 2.45) is 0 Å². The minimum atomic E-state index is -0.670. The molecule has 0 saturated heterocycles. The zero-order valence-corrected chi connectivity index (χ0v) is 18.2. The van der Waals surface area contributed by atoms with Gasteiger partial charge in [0.25, 0.3) is 11.5 Å².